The third kappa shape index (κ3) is 4.59. The van der Waals surface area contributed by atoms with Crippen molar-refractivity contribution in [2.24, 2.45) is 0 Å². The minimum atomic E-state index is -0.461. The number of carbonyl (C=O) groups is 1. The zero-order chi connectivity index (χ0) is 16.3. The summed E-state index contributed by atoms with van der Waals surface area (Å²) in [7, 11) is 0. The third-order valence-corrected chi connectivity index (χ3v) is 3.35. The second-order valence-electron chi connectivity index (χ2n) is 6.02. The van der Waals surface area contributed by atoms with Crippen molar-refractivity contribution in [1.29, 1.82) is 0 Å². The molecule has 3 N–H and O–H groups in total. The Bertz CT molecular complexity index is 690. The minimum absolute atomic E-state index is 0.228. The Morgan fingerprint density at radius 3 is 2.77 bits per heavy atom. The maximum absolute atomic E-state index is 11.7. The van der Waals surface area contributed by atoms with Gasteiger partial charge in [0.05, 0.1) is 11.9 Å². The van der Waals surface area contributed by atoms with Crippen molar-refractivity contribution in [1.82, 2.24) is 4.98 Å². The van der Waals surface area contributed by atoms with Crippen LogP contribution in [0, 0.1) is 0 Å². The van der Waals surface area contributed by atoms with Crippen molar-refractivity contribution in [3.63, 3.8) is 0 Å². The van der Waals surface area contributed by atoms with Gasteiger partial charge in [-0.25, -0.2) is 4.98 Å². The number of fused-ring (bicyclic) bond motifs is 1. The van der Waals surface area contributed by atoms with Crippen LogP contribution in [-0.2, 0) is 9.53 Å². The average Bonchev–Trinajstić information content (AvgIpc) is 2.35. The van der Waals surface area contributed by atoms with Gasteiger partial charge in [-0.15, -0.1) is 0 Å². The summed E-state index contributed by atoms with van der Waals surface area (Å²) in [5.74, 6) is 0.208. The van der Waals surface area contributed by atoms with Crippen molar-refractivity contribution < 1.29 is 9.53 Å². The monoisotopic (exact) mass is 365 g/mol. The van der Waals surface area contributed by atoms with Gasteiger partial charge in [0.25, 0.3) is 0 Å². The molecular weight excluding hydrogens is 346 g/mol. The van der Waals surface area contributed by atoms with Crippen LogP contribution >= 0.6 is 15.9 Å². The molecule has 2 rings (SSSR count). The number of aromatic nitrogens is 1. The Morgan fingerprint density at radius 1 is 1.36 bits per heavy atom. The number of nitrogen functional groups attached to an aromatic ring is 1. The predicted molar refractivity (Wildman–Crippen MR) is 92.8 cm³/mol. The van der Waals surface area contributed by atoms with Gasteiger partial charge in [-0.1, -0.05) is 15.9 Å². The summed E-state index contributed by atoms with van der Waals surface area (Å²) in [5.41, 5.74) is 7.03. The van der Waals surface area contributed by atoms with Gasteiger partial charge in [-0.3, -0.25) is 4.79 Å². The number of hydrogen-bond acceptors (Lipinski definition) is 5. The van der Waals surface area contributed by atoms with E-state index in [0.29, 0.717) is 12.4 Å². The summed E-state index contributed by atoms with van der Waals surface area (Å²) < 4.78 is 6.22. The Labute approximate surface area is 138 Å². The summed E-state index contributed by atoms with van der Waals surface area (Å²) in [6.45, 7) is 6.04. The van der Waals surface area contributed by atoms with Gasteiger partial charge in [0.1, 0.15) is 11.4 Å². The van der Waals surface area contributed by atoms with E-state index in [1.54, 1.807) is 6.07 Å². The van der Waals surface area contributed by atoms with E-state index in [4.69, 9.17) is 10.5 Å². The molecule has 6 heteroatoms. The van der Waals surface area contributed by atoms with E-state index in [9.17, 15) is 4.79 Å². The number of nitrogens with one attached hydrogen (secondary N) is 1. The highest BCUT2D eigenvalue weighted by Gasteiger charge is 2.15. The molecule has 0 saturated heterocycles. The molecule has 1 aromatic carbocycles. The largest absolute Gasteiger partial charge is 0.460 e. The number of nitrogens with zero attached hydrogens (tertiary/aromatic N) is 1. The fraction of sp³-hybridized carbons (Fsp3) is 0.375. The van der Waals surface area contributed by atoms with Crippen molar-refractivity contribution in [3.8, 4) is 0 Å². The summed E-state index contributed by atoms with van der Waals surface area (Å²) in [6, 6.07) is 7.58. The van der Waals surface area contributed by atoms with Crippen LogP contribution in [0.15, 0.2) is 28.7 Å². The van der Waals surface area contributed by atoms with Crippen LogP contribution in [-0.4, -0.2) is 23.1 Å². The molecule has 2 aromatic rings. The molecule has 0 aliphatic heterocycles. The molecule has 0 atom stereocenters. The average molecular weight is 366 g/mol. The van der Waals surface area contributed by atoms with Crippen LogP contribution in [0.4, 0.5) is 11.5 Å². The van der Waals surface area contributed by atoms with E-state index in [1.807, 2.05) is 39.0 Å². The van der Waals surface area contributed by atoms with Gasteiger partial charge in [0, 0.05) is 28.2 Å². The van der Waals surface area contributed by atoms with E-state index < -0.39 is 5.60 Å². The number of esters is 1. The number of halogens is 1. The van der Waals surface area contributed by atoms with Crippen LogP contribution in [0.1, 0.15) is 27.2 Å². The first-order valence-electron chi connectivity index (χ1n) is 7.06. The predicted octanol–water partition coefficient (Wildman–Crippen LogP) is 3.72. The fourth-order valence-electron chi connectivity index (χ4n) is 2.06. The topological polar surface area (TPSA) is 77.2 Å². The lowest BCUT2D eigenvalue weighted by atomic mass is 10.1. The highest BCUT2D eigenvalue weighted by molar-refractivity contribution is 9.10. The van der Waals surface area contributed by atoms with Crippen molar-refractivity contribution in [3.05, 3.63) is 28.7 Å². The van der Waals surface area contributed by atoms with E-state index >= 15 is 0 Å². The van der Waals surface area contributed by atoms with Crippen LogP contribution in [0.5, 0.6) is 0 Å². The zero-order valence-corrected chi connectivity index (χ0v) is 14.5. The molecular formula is C16H20BrN3O2. The molecule has 1 aromatic heterocycles. The molecule has 118 valence electrons. The Hall–Kier alpha value is -1.82. The fourth-order valence-corrected chi connectivity index (χ4v) is 2.41. The molecule has 0 saturated carbocycles. The number of hydrogen-bond donors (Lipinski definition) is 2. The molecule has 0 bridgehead atoms. The highest BCUT2D eigenvalue weighted by Crippen LogP contribution is 2.26. The number of benzene rings is 1. The second-order valence-corrected chi connectivity index (χ2v) is 6.94. The molecule has 0 radical (unpaired) electrons. The molecule has 22 heavy (non-hydrogen) atoms. The Balaban J connectivity index is 2.07. The van der Waals surface area contributed by atoms with Gasteiger partial charge < -0.3 is 15.8 Å². The van der Waals surface area contributed by atoms with E-state index in [-0.39, 0.29) is 12.4 Å². The summed E-state index contributed by atoms with van der Waals surface area (Å²) in [5, 5.41) is 4.19. The van der Waals surface area contributed by atoms with Crippen molar-refractivity contribution >= 4 is 44.3 Å². The van der Waals surface area contributed by atoms with Crippen LogP contribution in [0.3, 0.4) is 0 Å². The first-order valence-corrected chi connectivity index (χ1v) is 7.85. The van der Waals surface area contributed by atoms with Crippen LogP contribution in [0.25, 0.3) is 10.9 Å². The van der Waals surface area contributed by atoms with Gasteiger partial charge in [0.2, 0.25) is 0 Å². The molecule has 0 spiro atoms. The third-order valence-electron chi connectivity index (χ3n) is 2.86. The molecule has 1 heterocycles. The van der Waals surface area contributed by atoms with Crippen molar-refractivity contribution in [2.75, 3.05) is 17.6 Å². The molecule has 0 aliphatic carbocycles. The summed E-state index contributed by atoms with van der Waals surface area (Å²) in [6.07, 6.45) is 0.289. The first kappa shape index (κ1) is 16.5. The lowest BCUT2D eigenvalue weighted by Gasteiger charge is -2.19. The number of rotatable bonds is 4. The number of carbonyl (C=O) groups excluding carboxylic acids is 1. The maximum Gasteiger partial charge on any atom is 0.308 e. The molecule has 0 aliphatic rings. The lowest BCUT2D eigenvalue weighted by molar-refractivity contribution is -0.154. The normalized spacial score (nSPS) is 11.5. The van der Waals surface area contributed by atoms with Gasteiger partial charge in [0.15, 0.2) is 0 Å². The molecule has 5 nitrogen and oxygen atoms in total. The van der Waals surface area contributed by atoms with Gasteiger partial charge in [-0.05, 0) is 39.0 Å². The smallest absolute Gasteiger partial charge is 0.308 e. The Morgan fingerprint density at radius 2 is 2.09 bits per heavy atom. The maximum atomic E-state index is 11.7. The molecule has 0 fully saturated rings. The lowest BCUT2D eigenvalue weighted by Crippen LogP contribution is -2.25. The molecule has 0 unspecified atom stereocenters. The van der Waals surface area contributed by atoms with E-state index in [1.165, 1.54) is 0 Å². The van der Waals surface area contributed by atoms with E-state index in [2.05, 4.69) is 26.2 Å². The summed E-state index contributed by atoms with van der Waals surface area (Å²) >= 11 is 3.42. The van der Waals surface area contributed by atoms with Crippen LogP contribution in [0.2, 0.25) is 0 Å². The molecule has 0 amide bonds. The highest BCUT2D eigenvalue weighted by atomic mass is 79.9. The minimum Gasteiger partial charge on any atom is -0.460 e. The quantitative estimate of drug-likeness (QED) is 0.807. The Kier molecular flexibility index (Phi) is 4.90. The van der Waals surface area contributed by atoms with Crippen LogP contribution < -0.4 is 11.1 Å². The van der Waals surface area contributed by atoms with Gasteiger partial charge >= 0.3 is 5.97 Å². The number of pyridine rings is 1. The van der Waals surface area contributed by atoms with E-state index in [0.717, 1.165) is 21.1 Å². The number of anilines is 2. The van der Waals surface area contributed by atoms with Crippen molar-refractivity contribution in [2.45, 2.75) is 32.8 Å². The van der Waals surface area contributed by atoms with Gasteiger partial charge in [-0.2, -0.15) is 0 Å². The summed E-state index contributed by atoms with van der Waals surface area (Å²) in [4.78, 5) is 16.0. The zero-order valence-electron chi connectivity index (χ0n) is 12.9. The SMILES string of the molecule is CC(C)(C)OC(=O)CCNc1cc(N)nc2cc(Br)ccc12. The first-order chi connectivity index (χ1) is 10.2. The second kappa shape index (κ2) is 6.52. The standard InChI is InChI=1S/C16H20BrN3O2/c1-16(2,3)22-15(21)6-7-19-12-9-14(18)20-13-8-10(17)4-5-11(12)13/h4-5,8-9H,6-7H2,1-3H3,(H3,18,19,20). The number of nitrogens with two attached hydrogens (primary N) is 1. The number of ether oxygens (including phenoxy) is 1.